The Morgan fingerprint density at radius 2 is 1.12 bits per heavy atom. The Morgan fingerprint density at radius 1 is 0.380 bits per heavy atom. The van der Waals surface area contributed by atoms with E-state index in [0.717, 1.165) is 98.9 Å². The number of aromatic nitrogens is 2. The van der Waals surface area contributed by atoms with Crippen molar-refractivity contribution in [2.24, 2.45) is 0 Å². The van der Waals surface area contributed by atoms with E-state index in [9.17, 15) is 0 Å². The molecule has 0 N–H and O–H groups in total. The molecule has 0 aliphatic carbocycles. The molecule has 232 valence electrons. The van der Waals surface area contributed by atoms with Crippen LogP contribution in [0.3, 0.4) is 0 Å². The maximum atomic E-state index is 6.63. The first-order valence-electron chi connectivity index (χ1n) is 16.8. The Hall–Kier alpha value is -6.78. The van der Waals surface area contributed by atoms with Gasteiger partial charge in [-0.1, -0.05) is 109 Å². The van der Waals surface area contributed by atoms with Crippen molar-refractivity contribution >= 4 is 76.3 Å². The fraction of sp³-hybridized carbons (Fsp3) is 0. The Balaban J connectivity index is 1.19. The lowest BCUT2D eigenvalue weighted by Crippen LogP contribution is -1.96. The van der Waals surface area contributed by atoms with E-state index >= 15 is 0 Å². The zero-order valence-electron chi connectivity index (χ0n) is 26.7. The monoisotopic (exact) mass is 638 g/mol. The van der Waals surface area contributed by atoms with Crippen molar-refractivity contribution in [3.8, 4) is 33.8 Å². The van der Waals surface area contributed by atoms with Crippen LogP contribution in [0.15, 0.2) is 167 Å². The highest BCUT2D eigenvalue weighted by atomic mass is 16.3. The predicted molar refractivity (Wildman–Crippen MR) is 205 cm³/mol. The first kappa shape index (κ1) is 27.2. The van der Waals surface area contributed by atoms with Gasteiger partial charge in [0.05, 0.1) is 11.2 Å². The summed E-state index contributed by atoms with van der Waals surface area (Å²) < 4.78 is 13.0. The van der Waals surface area contributed by atoms with Crippen molar-refractivity contribution in [2.45, 2.75) is 0 Å². The number of para-hydroxylation sites is 1. The number of rotatable bonds is 3. The molecule has 0 aliphatic heterocycles. The lowest BCUT2D eigenvalue weighted by atomic mass is 9.95. The minimum Gasteiger partial charge on any atom is -0.456 e. The van der Waals surface area contributed by atoms with Gasteiger partial charge >= 0.3 is 0 Å². The summed E-state index contributed by atoms with van der Waals surface area (Å²) in [7, 11) is 0. The topological polar surface area (TPSA) is 52.1 Å². The average molecular weight is 639 g/mol. The van der Waals surface area contributed by atoms with Crippen molar-refractivity contribution < 1.29 is 8.83 Å². The largest absolute Gasteiger partial charge is 0.456 e. The lowest BCUT2D eigenvalue weighted by molar-refractivity contribution is 0.669. The quantitative estimate of drug-likeness (QED) is 0.193. The molecule has 0 unspecified atom stereocenters. The summed E-state index contributed by atoms with van der Waals surface area (Å²) in [5.41, 5.74) is 9.50. The molecule has 0 fully saturated rings. The maximum absolute atomic E-state index is 6.63. The van der Waals surface area contributed by atoms with Gasteiger partial charge in [0, 0.05) is 43.4 Å². The summed E-state index contributed by atoms with van der Waals surface area (Å²) in [5.74, 6) is 0.673. The number of fused-ring (bicyclic) bond motifs is 10. The zero-order valence-corrected chi connectivity index (χ0v) is 26.7. The normalized spacial score (nSPS) is 12.0. The highest BCUT2D eigenvalue weighted by Crippen LogP contribution is 2.43. The van der Waals surface area contributed by atoms with Gasteiger partial charge in [0.2, 0.25) is 0 Å². The summed E-state index contributed by atoms with van der Waals surface area (Å²) in [5, 5.41) is 9.73. The summed E-state index contributed by atoms with van der Waals surface area (Å²) in [6, 6.07) is 54.9. The number of nitrogens with zero attached hydrogens (tertiary/aromatic N) is 2. The molecule has 0 saturated carbocycles. The van der Waals surface area contributed by atoms with E-state index in [1.165, 1.54) is 5.39 Å². The molecule has 4 nitrogen and oxygen atoms in total. The number of hydrogen-bond donors (Lipinski definition) is 0. The third kappa shape index (κ3) is 3.99. The highest BCUT2D eigenvalue weighted by Gasteiger charge is 2.20. The van der Waals surface area contributed by atoms with Gasteiger partial charge in [0.25, 0.3) is 0 Å². The minimum absolute atomic E-state index is 0.673. The number of hydrogen-bond acceptors (Lipinski definition) is 4. The van der Waals surface area contributed by atoms with Crippen molar-refractivity contribution in [3.63, 3.8) is 0 Å². The molecule has 0 atom stereocenters. The second-order valence-electron chi connectivity index (χ2n) is 12.9. The first-order valence-corrected chi connectivity index (χ1v) is 16.8. The second-order valence-corrected chi connectivity index (χ2v) is 12.9. The van der Waals surface area contributed by atoms with E-state index < -0.39 is 0 Å². The van der Waals surface area contributed by atoms with Gasteiger partial charge in [-0.05, 0) is 75.8 Å². The van der Waals surface area contributed by atoms with Crippen molar-refractivity contribution in [3.05, 3.63) is 158 Å². The van der Waals surface area contributed by atoms with Gasteiger partial charge in [-0.25, -0.2) is 9.97 Å². The predicted octanol–water partition coefficient (Wildman–Crippen LogP) is 12.7. The molecule has 0 spiro atoms. The van der Waals surface area contributed by atoms with Crippen LogP contribution in [0.4, 0.5) is 0 Å². The number of furan rings is 2. The fourth-order valence-electron chi connectivity index (χ4n) is 7.72. The van der Waals surface area contributed by atoms with Crippen LogP contribution in [0.5, 0.6) is 0 Å². The second kappa shape index (κ2) is 10.4. The molecule has 0 bridgehead atoms. The molecule has 0 amide bonds. The molecule has 11 aromatic rings. The fourth-order valence-corrected chi connectivity index (χ4v) is 7.72. The van der Waals surface area contributed by atoms with Crippen molar-refractivity contribution in [2.75, 3.05) is 0 Å². The van der Waals surface area contributed by atoms with Crippen LogP contribution in [0.1, 0.15) is 0 Å². The maximum Gasteiger partial charge on any atom is 0.161 e. The highest BCUT2D eigenvalue weighted by molar-refractivity contribution is 6.22. The van der Waals surface area contributed by atoms with E-state index in [0.29, 0.717) is 5.82 Å². The summed E-state index contributed by atoms with van der Waals surface area (Å²) in [6.07, 6.45) is 0. The molecular formula is C46H26N2O2. The molecule has 4 heteroatoms. The smallest absolute Gasteiger partial charge is 0.161 e. The van der Waals surface area contributed by atoms with Crippen LogP contribution in [-0.2, 0) is 0 Å². The van der Waals surface area contributed by atoms with Gasteiger partial charge in [0.15, 0.2) is 5.82 Å². The van der Waals surface area contributed by atoms with E-state index in [-0.39, 0.29) is 0 Å². The van der Waals surface area contributed by atoms with E-state index in [4.69, 9.17) is 18.8 Å². The minimum atomic E-state index is 0.673. The molecule has 50 heavy (non-hydrogen) atoms. The lowest BCUT2D eigenvalue weighted by Gasteiger charge is -2.12. The number of benzene rings is 8. The van der Waals surface area contributed by atoms with Gasteiger partial charge < -0.3 is 8.83 Å². The first-order chi connectivity index (χ1) is 24.8. The van der Waals surface area contributed by atoms with E-state index in [1.54, 1.807) is 0 Å². The zero-order chi connectivity index (χ0) is 32.8. The molecule has 11 rings (SSSR count). The van der Waals surface area contributed by atoms with E-state index in [2.05, 4.69) is 146 Å². The Kier molecular flexibility index (Phi) is 5.63. The average Bonchev–Trinajstić information content (AvgIpc) is 3.74. The third-order valence-corrected chi connectivity index (χ3v) is 10.0. The van der Waals surface area contributed by atoms with Crippen LogP contribution in [0.2, 0.25) is 0 Å². The van der Waals surface area contributed by atoms with Crippen LogP contribution >= 0.6 is 0 Å². The SMILES string of the molecule is c1ccc(-c2cccc3oc4c5ccccc5c(-c5nc(-c6ccc7oc8cc9ccccc9cc8c7c6)c6ccccc6n5)cc4c23)cc1. The molecule has 0 saturated heterocycles. The van der Waals surface area contributed by atoms with Crippen LogP contribution in [0, 0.1) is 0 Å². The molecule has 3 aromatic heterocycles. The van der Waals surface area contributed by atoms with Crippen LogP contribution in [-0.4, -0.2) is 9.97 Å². The van der Waals surface area contributed by atoms with E-state index in [1.807, 2.05) is 12.1 Å². The van der Waals surface area contributed by atoms with Gasteiger partial charge in [-0.3, -0.25) is 0 Å². The summed E-state index contributed by atoms with van der Waals surface area (Å²) >= 11 is 0. The summed E-state index contributed by atoms with van der Waals surface area (Å²) in [4.78, 5) is 10.6. The standard InChI is InChI=1S/C46H26N2O2/c1-2-11-27(12-3-1)31-18-10-20-41-43(31)38-26-37(32-15-6-7-16-33(32)45(38)50-41)46-47-39-19-9-8-17-34(39)44(48-46)30-21-22-40-35(24-30)36-23-28-13-4-5-14-29(28)25-42(36)49-40/h1-26H. The van der Waals surface area contributed by atoms with Crippen LogP contribution < -0.4 is 0 Å². The van der Waals surface area contributed by atoms with Gasteiger partial charge in [-0.15, -0.1) is 0 Å². The molecule has 8 aromatic carbocycles. The van der Waals surface area contributed by atoms with Crippen molar-refractivity contribution in [1.29, 1.82) is 0 Å². The van der Waals surface area contributed by atoms with Crippen LogP contribution in [0.25, 0.3) is 110 Å². The molecular weight excluding hydrogens is 613 g/mol. The Labute approximate surface area is 285 Å². The van der Waals surface area contributed by atoms with Gasteiger partial charge in [0.1, 0.15) is 22.3 Å². The Bertz CT molecular complexity index is 3150. The van der Waals surface area contributed by atoms with Gasteiger partial charge in [-0.2, -0.15) is 0 Å². The molecule has 3 heterocycles. The Morgan fingerprint density at radius 3 is 2.00 bits per heavy atom. The van der Waals surface area contributed by atoms with Crippen molar-refractivity contribution in [1.82, 2.24) is 9.97 Å². The third-order valence-electron chi connectivity index (χ3n) is 10.0. The summed E-state index contributed by atoms with van der Waals surface area (Å²) in [6.45, 7) is 0. The molecule has 0 radical (unpaired) electrons. The molecule has 0 aliphatic rings.